The third-order valence-electron chi connectivity index (χ3n) is 2.54. The highest BCUT2D eigenvalue weighted by Gasteiger charge is 2.00. The molecule has 0 saturated carbocycles. The summed E-state index contributed by atoms with van der Waals surface area (Å²) in [4.78, 5) is 0. The van der Waals surface area contributed by atoms with Gasteiger partial charge >= 0.3 is 0 Å². The summed E-state index contributed by atoms with van der Waals surface area (Å²) in [5.41, 5.74) is 2.44. The molecule has 0 spiro atoms. The first kappa shape index (κ1) is 15.9. The van der Waals surface area contributed by atoms with Crippen molar-refractivity contribution >= 4 is 51.4 Å². The Labute approximate surface area is 134 Å². The van der Waals surface area contributed by atoms with Crippen molar-refractivity contribution < 1.29 is 13.5 Å². The van der Waals surface area contributed by atoms with E-state index in [0.717, 1.165) is 12.1 Å². The molecule has 8 heteroatoms. The normalized spacial score (nSPS) is 11.7. The van der Waals surface area contributed by atoms with E-state index in [2.05, 4.69) is 21.5 Å². The predicted molar refractivity (Wildman–Crippen MR) is 89.2 cm³/mol. The summed E-state index contributed by atoms with van der Waals surface area (Å²) >= 11 is 4.42. The first-order valence-corrected chi connectivity index (χ1v) is 8.47. The molecule has 0 aliphatic rings. The largest absolute Gasteiger partial charge is 0.755 e. The molecule has 0 aliphatic heterocycles. The van der Waals surface area contributed by atoms with E-state index in [1.807, 2.05) is 5.38 Å². The van der Waals surface area contributed by atoms with Crippen LogP contribution in [0.3, 0.4) is 0 Å². The molecule has 0 radical (unpaired) electrons. The summed E-state index contributed by atoms with van der Waals surface area (Å²) in [5.74, 6) is 0. The standard InChI is InChI=1S/C13H14N2O3S3/c16-21(17)15-12-3-1-11(2-4-12)14-13(19)18-7-5-10-6-8-20-9-10/h1-4,6,8-9,15H,5,7H2,(H,14,19)(H,16,17)/p-1. The zero-order valence-corrected chi connectivity index (χ0v) is 13.4. The molecule has 1 aromatic heterocycles. The number of benzene rings is 1. The van der Waals surface area contributed by atoms with Crippen LogP contribution in [0.25, 0.3) is 0 Å². The Balaban J connectivity index is 1.75. The average Bonchev–Trinajstić information content (AvgIpc) is 2.93. The van der Waals surface area contributed by atoms with E-state index in [9.17, 15) is 8.76 Å². The minimum Gasteiger partial charge on any atom is -0.755 e. The predicted octanol–water partition coefficient (Wildman–Crippen LogP) is 2.91. The van der Waals surface area contributed by atoms with E-state index in [-0.39, 0.29) is 0 Å². The summed E-state index contributed by atoms with van der Waals surface area (Å²) in [5, 5.41) is 7.32. The van der Waals surface area contributed by atoms with Crippen molar-refractivity contribution in [2.45, 2.75) is 6.42 Å². The Morgan fingerprint density at radius 1 is 1.29 bits per heavy atom. The third kappa shape index (κ3) is 5.80. The van der Waals surface area contributed by atoms with Crippen LogP contribution in [0.2, 0.25) is 0 Å². The molecule has 2 aromatic rings. The number of hydrogen-bond donors (Lipinski definition) is 2. The quantitative estimate of drug-likeness (QED) is 0.624. The van der Waals surface area contributed by atoms with Crippen molar-refractivity contribution in [3.8, 4) is 0 Å². The number of anilines is 2. The van der Waals surface area contributed by atoms with Crippen LogP contribution >= 0.6 is 23.6 Å². The lowest BCUT2D eigenvalue weighted by molar-refractivity contribution is 0.317. The lowest BCUT2D eigenvalue weighted by Gasteiger charge is -2.11. The van der Waals surface area contributed by atoms with Gasteiger partial charge < -0.3 is 19.3 Å². The third-order valence-corrected chi connectivity index (χ3v) is 3.89. The molecule has 1 aromatic carbocycles. The molecule has 0 saturated heterocycles. The second kappa shape index (κ2) is 8.08. The fourth-order valence-electron chi connectivity index (χ4n) is 1.57. The molecule has 0 fully saturated rings. The summed E-state index contributed by atoms with van der Waals surface area (Å²) in [6, 6.07) is 8.74. The number of thiocarbonyl (C=S) groups is 1. The minimum absolute atomic E-state index is 0.290. The van der Waals surface area contributed by atoms with E-state index in [1.165, 1.54) is 5.56 Å². The summed E-state index contributed by atoms with van der Waals surface area (Å²) in [7, 11) is 0. The van der Waals surface area contributed by atoms with Gasteiger partial charge in [0, 0.05) is 29.1 Å². The van der Waals surface area contributed by atoms with Crippen molar-refractivity contribution in [3.63, 3.8) is 0 Å². The van der Waals surface area contributed by atoms with Crippen LogP contribution in [0.5, 0.6) is 0 Å². The molecule has 0 aliphatic carbocycles. The van der Waals surface area contributed by atoms with Gasteiger partial charge in [-0.3, -0.25) is 4.21 Å². The SMILES string of the molecule is O=S([O-])Nc1ccc(NC(=S)OCCc2ccsc2)cc1. The molecule has 5 nitrogen and oxygen atoms in total. The van der Waals surface area contributed by atoms with Gasteiger partial charge in [0.05, 0.1) is 6.61 Å². The molecule has 112 valence electrons. The topological polar surface area (TPSA) is 73.4 Å². The van der Waals surface area contributed by atoms with Gasteiger partial charge in [0.25, 0.3) is 5.17 Å². The lowest BCUT2D eigenvalue weighted by atomic mass is 10.3. The molecule has 1 atom stereocenters. The number of hydrogen-bond acceptors (Lipinski definition) is 5. The highest BCUT2D eigenvalue weighted by molar-refractivity contribution is 7.80. The Kier molecular flexibility index (Phi) is 6.12. The molecule has 1 heterocycles. The van der Waals surface area contributed by atoms with Crippen LogP contribution < -0.4 is 10.0 Å². The van der Waals surface area contributed by atoms with E-state index in [1.54, 1.807) is 35.6 Å². The number of rotatable bonds is 6. The van der Waals surface area contributed by atoms with Crippen LogP contribution in [-0.4, -0.2) is 20.5 Å². The molecule has 0 bridgehead atoms. The van der Waals surface area contributed by atoms with E-state index in [4.69, 9.17) is 17.0 Å². The zero-order valence-electron chi connectivity index (χ0n) is 10.9. The molecule has 2 N–H and O–H groups in total. The number of nitrogens with one attached hydrogen (secondary N) is 2. The summed E-state index contributed by atoms with van der Waals surface area (Å²) in [6.45, 7) is 0.511. The van der Waals surface area contributed by atoms with Gasteiger partial charge in [0.2, 0.25) is 0 Å². The zero-order chi connectivity index (χ0) is 15.1. The maximum atomic E-state index is 10.5. The summed E-state index contributed by atoms with van der Waals surface area (Å²) in [6.07, 6.45) is 0.809. The van der Waals surface area contributed by atoms with Crippen LogP contribution in [0, 0.1) is 0 Å². The van der Waals surface area contributed by atoms with Gasteiger partial charge in [-0.25, -0.2) is 0 Å². The molecule has 21 heavy (non-hydrogen) atoms. The highest BCUT2D eigenvalue weighted by atomic mass is 32.2. The van der Waals surface area contributed by atoms with Gasteiger partial charge in [-0.1, -0.05) is 0 Å². The number of thiophene rings is 1. The van der Waals surface area contributed by atoms with Crippen molar-refractivity contribution in [1.82, 2.24) is 0 Å². The van der Waals surface area contributed by atoms with Crippen LogP contribution in [0.15, 0.2) is 41.1 Å². The molecule has 2 rings (SSSR count). The second-order valence-corrected chi connectivity index (χ2v) is 5.88. The molecular formula is C13H13N2O3S3-. The molecular weight excluding hydrogens is 328 g/mol. The van der Waals surface area contributed by atoms with Crippen molar-refractivity contribution in [1.29, 1.82) is 0 Å². The fraction of sp³-hybridized carbons (Fsp3) is 0.154. The Morgan fingerprint density at radius 3 is 2.62 bits per heavy atom. The van der Waals surface area contributed by atoms with Gasteiger partial charge in [-0.05, 0) is 58.9 Å². The number of ether oxygens (including phenoxy) is 1. The summed E-state index contributed by atoms with van der Waals surface area (Å²) < 4.78 is 28.6. The van der Waals surface area contributed by atoms with E-state index in [0.29, 0.717) is 17.5 Å². The van der Waals surface area contributed by atoms with Crippen LogP contribution in [-0.2, 0) is 22.4 Å². The minimum atomic E-state index is -2.32. The van der Waals surface area contributed by atoms with Crippen LogP contribution in [0.1, 0.15) is 5.56 Å². The first-order chi connectivity index (χ1) is 10.1. The fourth-order valence-corrected chi connectivity index (χ4v) is 2.80. The van der Waals surface area contributed by atoms with E-state index < -0.39 is 11.3 Å². The average molecular weight is 341 g/mol. The molecule has 0 amide bonds. The Morgan fingerprint density at radius 2 is 2.00 bits per heavy atom. The first-order valence-electron chi connectivity index (χ1n) is 6.04. The molecule has 1 unspecified atom stereocenters. The maximum absolute atomic E-state index is 10.5. The van der Waals surface area contributed by atoms with Gasteiger partial charge in [0.15, 0.2) is 0 Å². The van der Waals surface area contributed by atoms with E-state index >= 15 is 0 Å². The lowest BCUT2D eigenvalue weighted by Crippen LogP contribution is -2.14. The van der Waals surface area contributed by atoms with Crippen molar-refractivity contribution in [2.24, 2.45) is 0 Å². The monoisotopic (exact) mass is 341 g/mol. The Hall–Kier alpha value is -1.48. The smallest absolute Gasteiger partial charge is 0.261 e. The Bertz CT molecular complexity index is 600. The highest BCUT2D eigenvalue weighted by Crippen LogP contribution is 2.14. The van der Waals surface area contributed by atoms with Gasteiger partial charge in [-0.15, -0.1) is 0 Å². The van der Waals surface area contributed by atoms with Crippen LogP contribution in [0.4, 0.5) is 11.4 Å². The van der Waals surface area contributed by atoms with Gasteiger partial charge in [0.1, 0.15) is 0 Å². The van der Waals surface area contributed by atoms with Gasteiger partial charge in [-0.2, -0.15) is 11.3 Å². The van der Waals surface area contributed by atoms with Crippen molar-refractivity contribution in [3.05, 3.63) is 46.7 Å². The second-order valence-electron chi connectivity index (χ2n) is 4.06. The van der Waals surface area contributed by atoms with Crippen molar-refractivity contribution in [2.75, 3.05) is 16.6 Å². The maximum Gasteiger partial charge on any atom is 0.261 e.